The van der Waals surface area contributed by atoms with Gasteiger partial charge in [0.2, 0.25) is 0 Å². The molecule has 0 atom stereocenters. The van der Waals surface area contributed by atoms with Crippen molar-refractivity contribution < 1.29 is 5.11 Å². The maximum Gasteiger partial charge on any atom is 0.167 e. The average molecular weight is 423 g/mol. The van der Waals surface area contributed by atoms with Gasteiger partial charge < -0.3 is 10.8 Å². The van der Waals surface area contributed by atoms with Crippen LogP contribution in [0.15, 0.2) is 61.1 Å². The van der Waals surface area contributed by atoms with Crippen LogP contribution >= 0.6 is 0 Å². The van der Waals surface area contributed by atoms with Crippen molar-refractivity contribution in [3.63, 3.8) is 0 Å². The molecule has 5 aromatic rings. The molecule has 1 aliphatic rings. The van der Waals surface area contributed by atoms with Gasteiger partial charge in [0.25, 0.3) is 0 Å². The first kappa shape index (κ1) is 18.7. The van der Waals surface area contributed by atoms with Crippen LogP contribution in [0.2, 0.25) is 0 Å². The lowest BCUT2D eigenvalue weighted by Gasteiger charge is -2.12. The van der Waals surface area contributed by atoms with E-state index in [1.165, 1.54) is 17.5 Å². The second-order valence-corrected chi connectivity index (χ2v) is 7.98. The molecule has 0 fully saturated rings. The minimum Gasteiger partial charge on any atom is -0.392 e. The van der Waals surface area contributed by atoms with Crippen LogP contribution in [0, 0.1) is 0 Å². The molecule has 32 heavy (non-hydrogen) atoms. The number of nitrogen functional groups attached to an aromatic ring is 1. The van der Waals surface area contributed by atoms with Crippen molar-refractivity contribution in [1.82, 2.24) is 29.3 Å². The van der Waals surface area contributed by atoms with Crippen LogP contribution in [-0.4, -0.2) is 34.4 Å². The molecule has 0 bridgehead atoms. The lowest BCUT2D eigenvalue weighted by molar-refractivity contribution is 0.282. The minimum absolute atomic E-state index is 0.0697. The van der Waals surface area contributed by atoms with Crippen molar-refractivity contribution in [1.29, 1.82) is 0 Å². The molecule has 0 spiro atoms. The molecular weight excluding hydrogens is 402 g/mol. The molecule has 4 heterocycles. The van der Waals surface area contributed by atoms with Gasteiger partial charge in [-0.1, -0.05) is 6.07 Å². The maximum absolute atomic E-state index is 9.39. The van der Waals surface area contributed by atoms with E-state index in [2.05, 4.69) is 28.3 Å². The second kappa shape index (κ2) is 7.28. The number of aryl methyl sites for hydroxylation is 2. The number of imidazole rings is 1. The Labute approximate surface area is 184 Å². The molecule has 8 heteroatoms. The predicted octanol–water partition coefficient (Wildman–Crippen LogP) is 3.23. The number of aliphatic hydroxyl groups excluding tert-OH is 1. The van der Waals surface area contributed by atoms with Crippen molar-refractivity contribution >= 4 is 17.0 Å². The first-order valence-electron chi connectivity index (χ1n) is 10.6. The molecular formula is C24H21N7O. The third-order valence-corrected chi connectivity index (χ3v) is 5.96. The van der Waals surface area contributed by atoms with Crippen LogP contribution in [0.5, 0.6) is 0 Å². The molecule has 0 radical (unpaired) electrons. The fraction of sp³-hybridized carbons (Fsp3) is 0.167. The summed E-state index contributed by atoms with van der Waals surface area (Å²) >= 11 is 0. The molecule has 0 unspecified atom stereocenters. The van der Waals surface area contributed by atoms with Crippen LogP contribution in [0.25, 0.3) is 34.1 Å². The molecule has 8 nitrogen and oxygen atoms in total. The highest BCUT2D eigenvalue weighted by Gasteiger charge is 2.20. The largest absolute Gasteiger partial charge is 0.392 e. The van der Waals surface area contributed by atoms with E-state index in [4.69, 9.17) is 15.7 Å². The molecule has 6 rings (SSSR count). The standard InChI is InChI=1S/C24H21N7O/c25-22-19(5-2-10-26-22)23-28-20-8-9-21(30-13-15(14-32)12-27-30)29-24(20)31(23)18-7-6-16-3-1-4-17(16)11-18/h2,5-13,32H,1,3-4,14H2,(H2,25,26). The normalized spacial score (nSPS) is 13.0. The van der Waals surface area contributed by atoms with Crippen molar-refractivity contribution in [3.8, 4) is 22.9 Å². The quantitative estimate of drug-likeness (QED) is 0.460. The number of aliphatic hydroxyl groups is 1. The summed E-state index contributed by atoms with van der Waals surface area (Å²) in [5, 5.41) is 13.7. The van der Waals surface area contributed by atoms with Gasteiger partial charge in [-0.15, -0.1) is 0 Å². The number of nitrogens with two attached hydrogens (primary N) is 1. The summed E-state index contributed by atoms with van der Waals surface area (Å²) in [6.45, 7) is -0.0697. The minimum atomic E-state index is -0.0697. The Bertz CT molecular complexity index is 1470. The molecule has 0 aliphatic heterocycles. The third-order valence-electron chi connectivity index (χ3n) is 5.96. The van der Waals surface area contributed by atoms with E-state index in [1.54, 1.807) is 23.3 Å². The Morgan fingerprint density at radius 3 is 2.78 bits per heavy atom. The summed E-state index contributed by atoms with van der Waals surface area (Å²) < 4.78 is 3.70. The summed E-state index contributed by atoms with van der Waals surface area (Å²) in [7, 11) is 0. The molecule has 0 amide bonds. The Balaban J connectivity index is 1.61. The number of hydrogen-bond donors (Lipinski definition) is 2. The first-order valence-corrected chi connectivity index (χ1v) is 10.6. The fourth-order valence-electron chi connectivity index (χ4n) is 4.37. The zero-order valence-corrected chi connectivity index (χ0v) is 17.3. The Morgan fingerprint density at radius 2 is 1.94 bits per heavy atom. The Hall–Kier alpha value is -4.04. The highest BCUT2D eigenvalue weighted by Crippen LogP contribution is 2.32. The number of nitrogens with zero attached hydrogens (tertiary/aromatic N) is 6. The van der Waals surface area contributed by atoms with E-state index >= 15 is 0 Å². The zero-order chi connectivity index (χ0) is 21.7. The van der Waals surface area contributed by atoms with E-state index in [0.29, 0.717) is 23.1 Å². The van der Waals surface area contributed by atoms with Gasteiger partial charge in [-0.05, 0) is 66.8 Å². The van der Waals surface area contributed by atoms with Crippen LogP contribution < -0.4 is 5.73 Å². The van der Waals surface area contributed by atoms with Gasteiger partial charge in [-0.25, -0.2) is 19.6 Å². The molecule has 1 aliphatic carbocycles. The van der Waals surface area contributed by atoms with Crippen molar-refractivity contribution in [2.45, 2.75) is 25.9 Å². The fourth-order valence-corrected chi connectivity index (χ4v) is 4.37. The average Bonchev–Trinajstić information content (AvgIpc) is 3.56. The highest BCUT2D eigenvalue weighted by atomic mass is 16.3. The summed E-state index contributed by atoms with van der Waals surface area (Å²) in [6, 6.07) is 14.1. The van der Waals surface area contributed by atoms with E-state index in [1.807, 2.05) is 28.8 Å². The van der Waals surface area contributed by atoms with Crippen LogP contribution in [-0.2, 0) is 19.4 Å². The van der Waals surface area contributed by atoms with Crippen LogP contribution in [0.4, 0.5) is 5.82 Å². The van der Waals surface area contributed by atoms with Gasteiger partial charge in [0.15, 0.2) is 17.3 Å². The van der Waals surface area contributed by atoms with Crippen molar-refractivity contribution in [3.05, 3.63) is 77.7 Å². The lowest BCUT2D eigenvalue weighted by atomic mass is 10.1. The smallest absolute Gasteiger partial charge is 0.167 e. The number of hydrogen-bond acceptors (Lipinski definition) is 6. The molecule has 0 saturated carbocycles. The Morgan fingerprint density at radius 1 is 1.03 bits per heavy atom. The van der Waals surface area contributed by atoms with E-state index < -0.39 is 0 Å². The summed E-state index contributed by atoms with van der Waals surface area (Å²) in [4.78, 5) is 14.0. The number of anilines is 1. The first-order chi connectivity index (χ1) is 15.7. The van der Waals surface area contributed by atoms with Gasteiger partial charge >= 0.3 is 0 Å². The van der Waals surface area contributed by atoms with Gasteiger partial charge in [-0.3, -0.25) is 4.57 Å². The summed E-state index contributed by atoms with van der Waals surface area (Å²) in [5.74, 6) is 1.76. The number of pyridine rings is 2. The van der Waals surface area contributed by atoms with Gasteiger partial charge in [0, 0.05) is 23.6 Å². The van der Waals surface area contributed by atoms with Crippen molar-refractivity contribution in [2.75, 3.05) is 5.73 Å². The van der Waals surface area contributed by atoms with Gasteiger partial charge in [0.05, 0.1) is 18.4 Å². The number of rotatable bonds is 4. The van der Waals surface area contributed by atoms with Crippen molar-refractivity contribution in [2.24, 2.45) is 0 Å². The second-order valence-electron chi connectivity index (χ2n) is 7.98. The third kappa shape index (κ3) is 2.96. The number of aromatic nitrogens is 6. The number of fused-ring (bicyclic) bond motifs is 2. The molecule has 3 N–H and O–H groups in total. The maximum atomic E-state index is 9.39. The van der Waals surface area contributed by atoms with E-state index in [0.717, 1.165) is 35.2 Å². The molecule has 158 valence electrons. The molecule has 4 aromatic heterocycles. The Kier molecular flexibility index (Phi) is 4.26. The monoisotopic (exact) mass is 423 g/mol. The molecule has 1 aromatic carbocycles. The van der Waals surface area contributed by atoms with Crippen LogP contribution in [0.3, 0.4) is 0 Å². The SMILES string of the molecule is Nc1ncccc1-c1nc2ccc(-n3cc(CO)cn3)nc2n1-c1ccc2c(c1)CCC2. The topological polar surface area (TPSA) is 108 Å². The number of benzene rings is 1. The predicted molar refractivity (Wildman–Crippen MR) is 122 cm³/mol. The van der Waals surface area contributed by atoms with E-state index in [-0.39, 0.29) is 6.61 Å². The van der Waals surface area contributed by atoms with E-state index in [9.17, 15) is 5.11 Å². The van der Waals surface area contributed by atoms with Crippen LogP contribution in [0.1, 0.15) is 23.1 Å². The zero-order valence-electron chi connectivity index (χ0n) is 17.3. The molecule has 0 saturated heterocycles. The summed E-state index contributed by atoms with van der Waals surface area (Å²) in [5.41, 5.74) is 12.9. The summed E-state index contributed by atoms with van der Waals surface area (Å²) in [6.07, 6.45) is 8.46. The van der Waals surface area contributed by atoms with Gasteiger partial charge in [0.1, 0.15) is 11.3 Å². The lowest BCUT2D eigenvalue weighted by Crippen LogP contribution is -2.04. The van der Waals surface area contributed by atoms with Gasteiger partial charge in [-0.2, -0.15) is 5.10 Å². The highest BCUT2D eigenvalue weighted by molar-refractivity contribution is 5.83.